The van der Waals surface area contributed by atoms with Gasteiger partial charge in [-0.3, -0.25) is 0 Å². The van der Waals surface area contributed by atoms with Crippen molar-refractivity contribution in [1.29, 1.82) is 0 Å². The highest BCUT2D eigenvalue weighted by atomic mass is 32.2. The third-order valence-electron chi connectivity index (χ3n) is 3.97. The molecule has 0 radical (unpaired) electrons. The van der Waals surface area contributed by atoms with Crippen LogP contribution < -0.4 is 5.32 Å². The summed E-state index contributed by atoms with van der Waals surface area (Å²) in [7, 11) is -1.78. The molecular weight excluding hydrogens is 290 g/mol. The van der Waals surface area contributed by atoms with Crippen LogP contribution in [0.1, 0.15) is 33.6 Å². The molecule has 7 heteroatoms. The fourth-order valence-electron chi connectivity index (χ4n) is 2.66. The molecule has 6 nitrogen and oxygen atoms in total. The minimum Gasteiger partial charge on any atom is -0.383 e. The maximum Gasteiger partial charge on any atom is 0.282 e. The summed E-state index contributed by atoms with van der Waals surface area (Å²) >= 11 is 0. The summed E-state index contributed by atoms with van der Waals surface area (Å²) in [6, 6.07) is -0.0513. The van der Waals surface area contributed by atoms with Crippen molar-refractivity contribution in [2.45, 2.75) is 39.7 Å². The fourth-order valence-corrected chi connectivity index (χ4v) is 4.47. The van der Waals surface area contributed by atoms with E-state index in [4.69, 9.17) is 4.74 Å². The SMILES string of the molecule is CCNCC1CCN(S(=O)(=O)N(CCOC)C(C)C)CC1. The molecule has 0 unspecified atom stereocenters. The summed E-state index contributed by atoms with van der Waals surface area (Å²) in [4.78, 5) is 0. The van der Waals surface area contributed by atoms with Crippen molar-refractivity contribution >= 4 is 10.2 Å². The van der Waals surface area contributed by atoms with E-state index in [1.54, 1.807) is 15.7 Å². The Bertz CT molecular complexity index is 379. The summed E-state index contributed by atoms with van der Waals surface area (Å²) in [5, 5.41) is 3.35. The Morgan fingerprint density at radius 2 is 1.95 bits per heavy atom. The first-order chi connectivity index (χ1) is 9.93. The second-order valence-electron chi connectivity index (χ2n) is 5.86. The van der Waals surface area contributed by atoms with Crippen molar-refractivity contribution in [3.8, 4) is 0 Å². The highest BCUT2D eigenvalue weighted by molar-refractivity contribution is 7.86. The highest BCUT2D eigenvalue weighted by Crippen LogP contribution is 2.22. The van der Waals surface area contributed by atoms with Crippen LogP contribution in [0.15, 0.2) is 0 Å². The van der Waals surface area contributed by atoms with Crippen LogP contribution in [0.2, 0.25) is 0 Å². The van der Waals surface area contributed by atoms with Gasteiger partial charge in [-0.15, -0.1) is 0 Å². The van der Waals surface area contributed by atoms with Gasteiger partial charge in [-0.1, -0.05) is 6.92 Å². The van der Waals surface area contributed by atoms with Crippen molar-refractivity contribution in [1.82, 2.24) is 13.9 Å². The van der Waals surface area contributed by atoms with Gasteiger partial charge in [0.05, 0.1) is 6.61 Å². The summed E-state index contributed by atoms with van der Waals surface area (Å²) in [6.45, 7) is 9.94. The number of methoxy groups -OCH3 is 1. The smallest absolute Gasteiger partial charge is 0.282 e. The number of hydrogen-bond donors (Lipinski definition) is 1. The lowest BCUT2D eigenvalue weighted by atomic mass is 9.98. The van der Waals surface area contributed by atoms with Crippen LogP contribution >= 0.6 is 0 Å². The van der Waals surface area contributed by atoms with E-state index < -0.39 is 10.2 Å². The second kappa shape index (κ2) is 9.05. The number of ether oxygens (including phenoxy) is 1. The van der Waals surface area contributed by atoms with Crippen molar-refractivity contribution in [3.05, 3.63) is 0 Å². The predicted molar refractivity (Wildman–Crippen MR) is 85.5 cm³/mol. The Labute approximate surface area is 130 Å². The molecule has 0 aromatic carbocycles. The van der Waals surface area contributed by atoms with E-state index in [0.717, 1.165) is 25.9 Å². The molecule has 21 heavy (non-hydrogen) atoms. The van der Waals surface area contributed by atoms with E-state index in [1.165, 1.54) is 0 Å². The second-order valence-corrected chi connectivity index (χ2v) is 7.74. The van der Waals surface area contributed by atoms with Gasteiger partial charge in [-0.05, 0) is 45.7 Å². The summed E-state index contributed by atoms with van der Waals surface area (Å²) in [5.41, 5.74) is 0. The molecule has 1 aliphatic rings. The van der Waals surface area contributed by atoms with E-state index in [0.29, 0.717) is 32.2 Å². The molecule has 0 saturated carbocycles. The largest absolute Gasteiger partial charge is 0.383 e. The van der Waals surface area contributed by atoms with Crippen molar-refractivity contribution in [2.75, 3.05) is 46.4 Å². The third kappa shape index (κ3) is 5.49. The van der Waals surface area contributed by atoms with Gasteiger partial charge >= 0.3 is 0 Å². The summed E-state index contributed by atoms with van der Waals surface area (Å²) < 4.78 is 33.7. The molecule has 0 bridgehead atoms. The Kier molecular flexibility index (Phi) is 8.12. The lowest BCUT2D eigenvalue weighted by molar-refractivity contribution is 0.163. The van der Waals surface area contributed by atoms with Gasteiger partial charge < -0.3 is 10.1 Å². The predicted octanol–water partition coefficient (Wildman–Crippen LogP) is 0.910. The first kappa shape index (κ1) is 18.8. The molecule has 1 heterocycles. The minimum absolute atomic E-state index is 0.0513. The van der Waals surface area contributed by atoms with Crippen molar-refractivity contribution < 1.29 is 13.2 Å². The minimum atomic E-state index is -3.37. The number of rotatable bonds is 9. The zero-order valence-corrected chi connectivity index (χ0v) is 14.7. The molecule has 0 aromatic rings. The Morgan fingerprint density at radius 3 is 2.43 bits per heavy atom. The number of piperidine rings is 1. The van der Waals surface area contributed by atoms with E-state index >= 15 is 0 Å². The van der Waals surface area contributed by atoms with Gasteiger partial charge in [0.2, 0.25) is 0 Å². The zero-order chi connectivity index (χ0) is 15.9. The summed E-state index contributed by atoms with van der Waals surface area (Å²) in [6.07, 6.45) is 1.87. The molecule has 1 rings (SSSR count). The molecule has 1 N–H and O–H groups in total. The highest BCUT2D eigenvalue weighted by Gasteiger charge is 2.33. The first-order valence-corrected chi connectivity index (χ1v) is 9.29. The normalized spacial score (nSPS) is 18.8. The monoisotopic (exact) mass is 321 g/mol. The van der Waals surface area contributed by atoms with Gasteiger partial charge in [-0.2, -0.15) is 17.0 Å². The molecule has 1 aliphatic heterocycles. The molecule has 0 spiro atoms. The van der Waals surface area contributed by atoms with E-state index in [-0.39, 0.29) is 6.04 Å². The van der Waals surface area contributed by atoms with Crippen LogP contribution in [0.3, 0.4) is 0 Å². The van der Waals surface area contributed by atoms with Crippen molar-refractivity contribution in [2.24, 2.45) is 5.92 Å². The lowest BCUT2D eigenvalue weighted by Crippen LogP contribution is -2.51. The Morgan fingerprint density at radius 1 is 1.33 bits per heavy atom. The van der Waals surface area contributed by atoms with Gasteiger partial charge in [-0.25, -0.2) is 0 Å². The Hall–Kier alpha value is -0.210. The first-order valence-electron chi connectivity index (χ1n) is 7.90. The number of nitrogens with zero attached hydrogens (tertiary/aromatic N) is 2. The number of nitrogens with one attached hydrogen (secondary N) is 1. The van der Waals surface area contributed by atoms with E-state index in [9.17, 15) is 8.42 Å². The average Bonchev–Trinajstić information content (AvgIpc) is 2.45. The van der Waals surface area contributed by atoms with Gasteiger partial charge in [0.15, 0.2) is 0 Å². The molecule has 1 fully saturated rings. The molecule has 0 aliphatic carbocycles. The molecule has 1 saturated heterocycles. The van der Waals surface area contributed by atoms with Crippen LogP contribution in [-0.2, 0) is 14.9 Å². The standard InChI is InChI=1S/C14H31N3O3S/c1-5-15-12-14-6-8-16(9-7-14)21(18,19)17(13(2)3)10-11-20-4/h13-15H,5-12H2,1-4H3. The number of hydrogen-bond acceptors (Lipinski definition) is 4. The maximum atomic E-state index is 12.7. The van der Waals surface area contributed by atoms with E-state index in [2.05, 4.69) is 12.2 Å². The van der Waals surface area contributed by atoms with Gasteiger partial charge in [0.25, 0.3) is 10.2 Å². The van der Waals surface area contributed by atoms with E-state index in [1.807, 2.05) is 13.8 Å². The van der Waals surface area contributed by atoms with Crippen LogP contribution in [-0.4, -0.2) is 69.5 Å². The molecule has 0 amide bonds. The topological polar surface area (TPSA) is 61.9 Å². The molecule has 0 aromatic heterocycles. The quantitative estimate of drug-likeness (QED) is 0.686. The fraction of sp³-hybridized carbons (Fsp3) is 1.00. The van der Waals surface area contributed by atoms with Crippen LogP contribution in [0.4, 0.5) is 0 Å². The van der Waals surface area contributed by atoms with Crippen LogP contribution in [0.5, 0.6) is 0 Å². The third-order valence-corrected chi connectivity index (χ3v) is 6.19. The maximum absolute atomic E-state index is 12.7. The summed E-state index contributed by atoms with van der Waals surface area (Å²) in [5.74, 6) is 0.586. The van der Waals surface area contributed by atoms with Crippen molar-refractivity contribution in [3.63, 3.8) is 0 Å². The zero-order valence-electron chi connectivity index (χ0n) is 13.8. The molecule has 0 atom stereocenters. The van der Waals surface area contributed by atoms with Gasteiger partial charge in [0.1, 0.15) is 0 Å². The molecular formula is C14H31N3O3S. The molecule has 126 valence electrons. The van der Waals surface area contributed by atoms with Crippen LogP contribution in [0, 0.1) is 5.92 Å². The van der Waals surface area contributed by atoms with Crippen LogP contribution in [0.25, 0.3) is 0 Å². The Balaban J connectivity index is 2.61. The lowest BCUT2D eigenvalue weighted by Gasteiger charge is -2.36. The van der Waals surface area contributed by atoms with Gasteiger partial charge in [0, 0.05) is 32.8 Å². The average molecular weight is 321 g/mol.